The minimum atomic E-state index is -1.24. The molecular formula is C29H44N2O6. The molecule has 0 aromatic heterocycles. The van der Waals surface area contributed by atoms with Crippen molar-refractivity contribution in [3.8, 4) is 0 Å². The van der Waals surface area contributed by atoms with Crippen LogP contribution in [0.1, 0.15) is 73.1 Å². The largest absolute Gasteiger partial charge is 0.465 e. The highest BCUT2D eigenvalue weighted by atomic mass is 16.6. The van der Waals surface area contributed by atoms with Crippen LogP contribution in [0.25, 0.3) is 0 Å². The van der Waals surface area contributed by atoms with Crippen molar-refractivity contribution in [2.45, 2.75) is 96.4 Å². The van der Waals surface area contributed by atoms with E-state index >= 15 is 0 Å². The summed E-state index contributed by atoms with van der Waals surface area (Å²) >= 11 is 0. The number of hydrogen-bond acceptors (Lipinski definition) is 6. The Hall–Kier alpha value is -2.19. The van der Waals surface area contributed by atoms with E-state index in [1.807, 2.05) is 29.2 Å². The quantitative estimate of drug-likeness (QED) is 0.331. The van der Waals surface area contributed by atoms with Gasteiger partial charge in [-0.1, -0.05) is 45.1 Å². The van der Waals surface area contributed by atoms with E-state index in [1.165, 1.54) is 0 Å². The zero-order valence-corrected chi connectivity index (χ0v) is 23.1. The van der Waals surface area contributed by atoms with Crippen LogP contribution in [-0.2, 0) is 23.9 Å². The van der Waals surface area contributed by atoms with Gasteiger partial charge >= 0.3 is 5.97 Å². The molecule has 1 N–H and O–H groups in total. The molecule has 2 fully saturated rings. The average molecular weight is 517 g/mol. The molecule has 0 radical (unpaired) electrons. The lowest BCUT2D eigenvalue weighted by Gasteiger charge is -2.44. The average Bonchev–Trinajstić information content (AvgIpc) is 3.17. The summed E-state index contributed by atoms with van der Waals surface area (Å²) < 4.78 is 12.3. The van der Waals surface area contributed by atoms with E-state index in [-0.39, 0.29) is 23.8 Å². The number of esters is 1. The third-order valence-electron chi connectivity index (χ3n) is 8.10. The number of fused-ring (bicyclic) bond motifs is 2. The molecule has 0 aliphatic carbocycles. The second-order valence-corrected chi connectivity index (χ2v) is 12.8. The highest BCUT2D eigenvalue weighted by molar-refractivity contribution is 5.99. The second-order valence-electron chi connectivity index (χ2n) is 12.8. The van der Waals surface area contributed by atoms with E-state index in [0.29, 0.717) is 32.5 Å². The Bertz CT molecular complexity index is 951. The molecule has 0 bridgehead atoms. The summed E-state index contributed by atoms with van der Waals surface area (Å²) in [5, 5.41) is 9.37. The van der Waals surface area contributed by atoms with Gasteiger partial charge < -0.3 is 24.4 Å². The lowest BCUT2D eigenvalue weighted by molar-refractivity contribution is -0.156. The van der Waals surface area contributed by atoms with E-state index in [1.54, 1.807) is 4.90 Å². The summed E-state index contributed by atoms with van der Waals surface area (Å²) in [7, 11) is 0. The smallest absolute Gasteiger partial charge is 0.312 e. The van der Waals surface area contributed by atoms with Gasteiger partial charge in [0, 0.05) is 25.2 Å². The molecule has 0 saturated carbocycles. The number of likely N-dealkylation sites (tertiary alicyclic amines) is 1. The summed E-state index contributed by atoms with van der Waals surface area (Å²) in [4.78, 5) is 45.3. The Balaban J connectivity index is 1.78. The van der Waals surface area contributed by atoms with Crippen LogP contribution in [0.5, 0.6) is 0 Å². The van der Waals surface area contributed by atoms with Crippen LogP contribution in [0.2, 0.25) is 0 Å². The van der Waals surface area contributed by atoms with Crippen molar-refractivity contribution in [3.05, 3.63) is 24.3 Å². The van der Waals surface area contributed by atoms with Crippen LogP contribution in [0, 0.1) is 17.3 Å². The minimum Gasteiger partial charge on any atom is -0.465 e. The molecule has 0 aromatic rings. The van der Waals surface area contributed by atoms with Crippen LogP contribution < -0.4 is 0 Å². The number of carbonyl (C=O) groups is 3. The number of carbonyl (C=O) groups excluding carboxylic acids is 3. The van der Waals surface area contributed by atoms with Gasteiger partial charge in [-0.05, 0) is 57.8 Å². The fourth-order valence-corrected chi connectivity index (χ4v) is 6.99. The number of ether oxygens (including phenoxy) is 2. The molecule has 1 unspecified atom stereocenters. The number of unbranched alkanes of at least 4 members (excludes halogenated alkanes) is 1. The molecule has 5 atom stereocenters. The minimum absolute atomic E-state index is 0.00674. The molecule has 206 valence electrons. The Kier molecular flexibility index (Phi) is 7.92. The van der Waals surface area contributed by atoms with Crippen LogP contribution in [-0.4, -0.2) is 82.3 Å². The number of aliphatic hydroxyl groups is 1. The fraction of sp³-hybridized carbons (Fsp3) is 0.759. The molecule has 4 aliphatic heterocycles. The van der Waals surface area contributed by atoms with Gasteiger partial charge in [-0.2, -0.15) is 0 Å². The van der Waals surface area contributed by atoms with Gasteiger partial charge in [-0.15, -0.1) is 0 Å². The van der Waals surface area contributed by atoms with Crippen LogP contribution in [0.4, 0.5) is 0 Å². The molecule has 2 saturated heterocycles. The molecule has 8 nitrogen and oxygen atoms in total. The monoisotopic (exact) mass is 516 g/mol. The lowest BCUT2D eigenvalue weighted by atomic mass is 9.77. The van der Waals surface area contributed by atoms with E-state index in [2.05, 4.69) is 34.6 Å². The highest BCUT2D eigenvalue weighted by Crippen LogP contribution is 2.53. The number of cyclic esters (lactones) is 1. The molecule has 37 heavy (non-hydrogen) atoms. The van der Waals surface area contributed by atoms with E-state index in [9.17, 15) is 19.5 Å². The van der Waals surface area contributed by atoms with Gasteiger partial charge in [0.2, 0.25) is 11.8 Å². The lowest BCUT2D eigenvalue weighted by Crippen LogP contribution is -2.59. The van der Waals surface area contributed by atoms with Crippen LogP contribution in [0.15, 0.2) is 24.3 Å². The third-order valence-corrected chi connectivity index (χ3v) is 8.10. The van der Waals surface area contributed by atoms with Crippen molar-refractivity contribution in [1.29, 1.82) is 0 Å². The molecule has 2 amide bonds. The predicted octanol–water partition coefficient (Wildman–Crippen LogP) is 3.24. The first-order valence-electron chi connectivity index (χ1n) is 13.8. The normalized spacial score (nSPS) is 33.5. The molecule has 0 aromatic carbocycles. The number of hydrogen-bond donors (Lipinski definition) is 1. The summed E-state index contributed by atoms with van der Waals surface area (Å²) in [6.45, 7) is 11.7. The first-order chi connectivity index (χ1) is 17.4. The zero-order valence-electron chi connectivity index (χ0n) is 23.1. The van der Waals surface area contributed by atoms with Crippen molar-refractivity contribution in [1.82, 2.24) is 9.80 Å². The standard InChI is InChI=1S/C29H44N2O6/c1-27(2,3)19-28(4,5)31-16-12-14-29-22(24(33)30(15-9-10-17-32)23(29)25(31)34)21-20(37-29)13-8-6-7-11-18-36-26(21)35/h8,12-14,20-23,32H,6-7,9-11,15-19H2,1-5H3/b13-8-/t20-,21+,22-,23?,29-/m0/s1. The highest BCUT2D eigenvalue weighted by Gasteiger charge is 2.72. The Morgan fingerprint density at radius 1 is 1.05 bits per heavy atom. The zero-order chi connectivity index (χ0) is 27.0. The van der Waals surface area contributed by atoms with Crippen molar-refractivity contribution >= 4 is 17.8 Å². The van der Waals surface area contributed by atoms with Gasteiger partial charge in [0.1, 0.15) is 17.6 Å². The fourth-order valence-electron chi connectivity index (χ4n) is 6.99. The number of allylic oxidation sites excluding steroid dienone is 1. The Morgan fingerprint density at radius 2 is 1.81 bits per heavy atom. The van der Waals surface area contributed by atoms with Crippen LogP contribution in [0.3, 0.4) is 0 Å². The van der Waals surface area contributed by atoms with Crippen molar-refractivity contribution < 1.29 is 29.0 Å². The van der Waals surface area contributed by atoms with Gasteiger partial charge in [0.25, 0.3) is 0 Å². The maximum absolute atomic E-state index is 14.4. The van der Waals surface area contributed by atoms with Gasteiger partial charge in [0.15, 0.2) is 0 Å². The van der Waals surface area contributed by atoms with Crippen molar-refractivity contribution in [3.63, 3.8) is 0 Å². The van der Waals surface area contributed by atoms with Crippen molar-refractivity contribution in [2.75, 3.05) is 26.3 Å². The summed E-state index contributed by atoms with van der Waals surface area (Å²) in [6, 6.07) is -0.875. The molecule has 1 spiro atoms. The van der Waals surface area contributed by atoms with Crippen LogP contribution >= 0.6 is 0 Å². The third kappa shape index (κ3) is 5.24. The number of nitrogens with zero attached hydrogens (tertiary/aromatic N) is 2. The Labute approximate surface area is 221 Å². The molecular weight excluding hydrogens is 472 g/mol. The number of amides is 2. The first-order valence-corrected chi connectivity index (χ1v) is 13.8. The molecule has 4 heterocycles. The number of aliphatic hydroxyl groups excluding tert-OH is 1. The maximum Gasteiger partial charge on any atom is 0.312 e. The van der Waals surface area contributed by atoms with E-state index < -0.39 is 41.1 Å². The first kappa shape index (κ1) is 27.8. The van der Waals surface area contributed by atoms with Gasteiger partial charge in [0.05, 0.1) is 18.6 Å². The molecule has 8 heteroatoms. The van der Waals surface area contributed by atoms with Gasteiger partial charge in [-0.3, -0.25) is 14.4 Å². The van der Waals surface area contributed by atoms with Gasteiger partial charge in [-0.25, -0.2) is 0 Å². The molecule has 4 rings (SSSR count). The predicted molar refractivity (Wildman–Crippen MR) is 139 cm³/mol. The summed E-state index contributed by atoms with van der Waals surface area (Å²) in [5.74, 6) is -2.47. The Morgan fingerprint density at radius 3 is 2.51 bits per heavy atom. The number of rotatable bonds is 6. The molecule has 4 aliphatic rings. The topological polar surface area (TPSA) is 96.4 Å². The summed E-state index contributed by atoms with van der Waals surface area (Å²) in [6.07, 6.45) is 11.5. The van der Waals surface area contributed by atoms with Crippen molar-refractivity contribution in [2.24, 2.45) is 17.3 Å². The van der Waals surface area contributed by atoms with E-state index in [0.717, 1.165) is 25.7 Å². The summed E-state index contributed by atoms with van der Waals surface area (Å²) in [5.41, 5.74) is -1.71. The van der Waals surface area contributed by atoms with E-state index in [4.69, 9.17) is 9.47 Å². The second kappa shape index (κ2) is 10.5. The maximum atomic E-state index is 14.4. The SMILES string of the molecule is CC(C)(C)CC(C)(C)N1CC=C[C@]23O[C@H]4/C=C\CCCCOC(=O)[C@H]4[C@H]2C(=O)N(CCCCO)C3C1=O.